The largest absolute Gasteiger partial charge is 0.451 e. The topological polar surface area (TPSA) is 71.5 Å². The highest BCUT2D eigenvalue weighted by Gasteiger charge is 2.16. The van der Waals surface area contributed by atoms with Crippen molar-refractivity contribution in [1.29, 1.82) is 0 Å². The van der Waals surface area contributed by atoms with Crippen LogP contribution in [0, 0.1) is 0 Å². The van der Waals surface area contributed by atoms with Gasteiger partial charge in [-0.2, -0.15) is 0 Å². The second-order valence-corrected chi connectivity index (χ2v) is 4.71. The number of ether oxygens (including phenoxy) is 1. The molecule has 7 heteroatoms. The van der Waals surface area contributed by atoms with E-state index in [1.165, 1.54) is 11.3 Å². The molecule has 0 bridgehead atoms. The number of nitrogens with zero attached hydrogens (tertiary/aromatic N) is 2. The lowest BCUT2D eigenvalue weighted by Crippen LogP contribution is -2.34. The molecule has 1 aromatic heterocycles. The molecule has 0 atom stereocenters. The van der Waals surface area contributed by atoms with Crippen LogP contribution in [0.5, 0.6) is 0 Å². The summed E-state index contributed by atoms with van der Waals surface area (Å²) < 4.78 is 4.96. The van der Waals surface area contributed by atoms with Gasteiger partial charge in [0.15, 0.2) is 17.4 Å². The predicted octanol–water partition coefficient (Wildman–Crippen LogP) is 1.77. The molecule has 0 aliphatic rings. The minimum absolute atomic E-state index is 0.203. The Morgan fingerprint density at radius 1 is 1.50 bits per heavy atom. The van der Waals surface area contributed by atoms with E-state index in [1.807, 2.05) is 13.8 Å². The van der Waals surface area contributed by atoms with Gasteiger partial charge in [0.2, 0.25) is 0 Å². The molecule has 0 saturated carbocycles. The molecule has 1 heterocycles. The van der Waals surface area contributed by atoms with Crippen LogP contribution >= 0.6 is 11.3 Å². The van der Waals surface area contributed by atoms with E-state index >= 15 is 0 Å². The third kappa shape index (κ3) is 4.65. The first-order valence-electron chi connectivity index (χ1n) is 6.37. The van der Waals surface area contributed by atoms with Crippen molar-refractivity contribution >= 4 is 28.3 Å². The number of likely N-dealkylation sites (N-methyl/N-ethyl adjacent to an activating group) is 1. The summed E-state index contributed by atoms with van der Waals surface area (Å²) in [5.74, 6) is -0.794. The molecule has 20 heavy (non-hydrogen) atoms. The van der Waals surface area contributed by atoms with E-state index in [1.54, 1.807) is 16.4 Å². The number of amides is 1. The highest BCUT2D eigenvalue weighted by molar-refractivity contribution is 7.13. The van der Waals surface area contributed by atoms with Crippen LogP contribution in [0.1, 0.15) is 24.3 Å². The van der Waals surface area contributed by atoms with Gasteiger partial charge in [0.25, 0.3) is 5.91 Å². The van der Waals surface area contributed by atoms with Crippen LogP contribution in [0.4, 0.5) is 5.13 Å². The van der Waals surface area contributed by atoms with E-state index in [9.17, 15) is 9.59 Å². The summed E-state index contributed by atoms with van der Waals surface area (Å²) in [6, 6.07) is 0. The van der Waals surface area contributed by atoms with E-state index in [-0.39, 0.29) is 18.2 Å². The molecule has 0 aromatic carbocycles. The maximum absolute atomic E-state index is 11.7. The van der Waals surface area contributed by atoms with Crippen LogP contribution in [0.15, 0.2) is 18.0 Å². The lowest BCUT2D eigenvalue weighted by molar-refractivity contribution is -0.134. The number of nitrogens with one attached hydrogen (secondary N) is 1. The lowest BCUT2D eigenvalue weighted by Gasteiger charge is -2.17. The van der Waals surface area contributed by atoms with Crippen LogP contribution in [-0.2, 0) is 9.53 Å². The lowest BCUT2D eigenvalue weighted by atomic mass is 10.4. The summed E-state index contributed by atoms with van der Waals surface area (Å²) in [7, 11) is 0. The van der Waals surface area contributed by atoms with Crippen molar-refractivity contribution in [3.8, 4) is 0 Å². The average Bonchev–Trinajstić information content (AvgIpc) is 2.92. The normalized spacial score (nSPS) is 9.90. The van der Waals surface area contributed by atoms with Crippen molar-refractivity contribution in [2.24, 2.45) is 0 Å². The molecule has 0 unspecified atom stereocenters. The number of thiazole rings is 1. The zero-order valence-electron chi connectivity index (χ0n) is 11.7. The van der Waals surface area contributed by atoms with Gasteiger partial charge in [-0.3, -0.25) is 4.79 Å². The first-order valence-corrected chi connectivity index (χ1v) is 7.25. The molecule has 1 rings (SSSR count). The minimum atomic E-state index is -0.589. The Hall–Kier alpha value is -1.89. The molecule has 110 valence electrons. The summed E-state index contributed by atoms with van der Waals surface area (Å²) >= 11 is 1.30. The van der Waals surface area contributed by atoms with Gasteiger partial charge >= 0.3 is 5.97 Å². The minimum Gasteiger partial charge on any atom is -0.451 e. The zero-order valence-corrected chi connectivity index (χ0v) is 12.5. The Kier molecular flexibility index (Phi) is 6.72. The first kappa shape index (κ1) is 16.2. The Balaban J connectivity index is 2.48. The summed E-state index contributed by atoms with van der Waals surface area (Å²) in [6.45, 7) is 8.84. The molecule has 0 aliphatic heterocycles. The summed E-state index contributed by atoms with van der Waals surface area (Å²) in [4.78, 5) is 29.1. The molecule has 6 nitrogen and oxygen atoms in total. The predicted molar refractivity (Wildman–Crippen MR) is 79.0 cm³/mol. The van der Waals surface area contributed by atoms with E-state index in [4.69, 9.17) is 4.74 Å². The fourth-order valence-electron chi connectivity index (χ4n) is 1.48. The molecular weight excluding hydrogens is 278 g/mol. The Morgan fingerprint density at radius 2 is 2.20 bits per heavy atom. The van der Waals surface area contributed by atoms with Gasteiger partial charge in [0, 0.05) is 25.0 Å². The fraction of sp³-hybridized carbons (Fsp3) is 0.462. The number of hydrogen-bond donors (Lipinski definition) is 1. The maximum atomic E-state index is 11.7. The quantitative estimate of drug-likeness (QED) is 0.585. The van der Waals surface area contributed by atoms with Crippen molar-refractivity contribution in [1.82, 2.24) is 9.88 Å². The molecule has 1 N–H and O–H groups in total. The molecule has 0 saturated heterocycles. The number of carbonyl (C=O) groups is 2. The molecule has 0 aliphatic carbocycles. The monoisotopic (exact) mass is 297 g/mol. The summed E-state index contributed by atoms with van der Waals surface area (Å²) in [5.41, 5.74) is 0.203. The van der Waals surface area contributed by atoms with Gasteiger partial charge in [-0.05, 0) is 13.8 Å². The van der Waals surface area contributed by atoms with Crippen molar-refractivity contribution < 1.29 is 14.3 Å². The van der Waals surface area contributed by atoms with E-state index in [0.717, 1.165) is 0 Å². The van der Waals surface area contributed by atoms with Crippen molar-refractivity contribution in [3.05, 3.63) is 23.7 Å². The van der Waals surface area contributed by atoms with Crippen molar-refractivity contribution in [2.75, 3.05) is 31.6 Å². The van der Waals surface area contributed by atoms with E-state index in [2.05, 4.69) is 16.9 Å². The fourth-order valence-corrected chi connectivity index (χ4v) is 2.17. The SMILES string of the molecule is C=CCNc1nc(C(=O)OCC(=O)N(CC)CC)cs1. The first-order chi connectivity index (χ1) is 9.62. The zero-order chi connectivity index (χ0) is 15.0. The number of carbonyl (C=O) groups excluding carboxylic acids is 2. The summed E-state index contributed by atoms with van der Waals surface area (Å²) in [5, 5.41) is 5.19. The molecule has 1 amide bonds. The number of hydrogen-bond acceptors (Lipinski definition) is 6. The van der Waals surface area contributed by atoms with Gasteiger partial charge in [-0.25, -0.2) is 9.78 Å². The highest BCUT2D eigenvalue weighted by atomic mass is 32.1. The standard InChI is InChI=1S/C13H19N3O3S/c1-4-7-14-13-15-10(9-20-13)12(18)19-8-11(17)16(5-2)6-3/h4,9H,1,5-8H2,2-3H3,(H,14,15). The van der Waals surface area contributed by atoms with Crippen LogP contribution in [0.3, 0.4) is 0 Å². The van der Waals surface area contributed by atoms with Crippen LogP contribution < -0.4 is 5.32 Å². The third-order valence-electron chi connectivity index (χ3n) is 2.55. The second-order valence-electron chi connectivity index (χ2n) is 3.85. The smallest absolute Gasteiger partial charge is 0.358 e. The van der Waals surface area contributed by atoms with Gasteiger partial charge in [0.1, 0.15) is 0 Å². The maximum Gasteiger partial charge on any atom is 0.358 e. The number of rotatable bonds is 8. The molecule has 0 fully saturated rings. The average molecular weight is 297 g/mol. The highest BCUT2D eigenvalue weighted by Crippen LogP contribution is 2.15. The molecule has 0 radical (unpaired) electrons. The van der Waals surface area contributed by atoms with Gasteiger partial charge in [-0.1, -0.05) is 6.08 Å². The van der Waals surface area contributed by atoms with Crippen LogP contribution in [-0.4, -0.2) is 48.0 Å². The number of anilines is 1. The summed E-state index contributed by atoms with van der Waals surface area (Å²) in [6.07, 6.45) is 1.70. The van der Waals surface area contributed by atoms with Crippen molar-refractivity contribution in [3.63, 3.8) is 0 Å². The number of aromatic nitrogens is 1. The van der Waals surface area contributed by atoms with Crippen LogP contribution in [0.2, 0.25) is 0 Å². The third-order valence-corrected chi connectivity index (χ3v) is 3.35. The Bertz CT molecular complexity index is 469. The van der Waals surface area contributed by atoms with Gasteiger partial charge in [-0.15, -0.1) is 17.9 Å². The van der Waals surface area contributed by atoms with Gasteiger partial charge in [0.05, 0.1) is 0 Å². The van der Waals surface area contributed by atoms with E-state index < -0.39 is 5.97 Å². The second kappa shape index (κ2) is 8.31. The van der Waals surface area contributed by atoms with Crippen molar-refractivity contribution in [2.45, 2.75) is 13.8 Å². The van der Waals surface area contributed by atoms with E-state index in [0.29, 0.717) is 24.8 Å². The Morgan fingerprint density at radius 3 is 2.80 bits per heavy atom. The molecular formula is C13H19N3O3S. The molecule has 1 aromatic rings. The number of esters is 1. The Labute approximate surface area is 122 Å². The van der Waals surface area contributed by atoms with Gasteiger partial charge < -0.3 is 15.0 Å². The molecule has 0 spiro atoms. The van der Waals surface area contributed by atoms with Crippen LogP contribution in [0.25, 0.3) is 0 Å².